The van der Waals surface area contributed by atoms with Crippen molar-refractivity contribution in [2.24, 2.45) is 0 Å². The lowest BCUT2D eigenvalue weighted by Gasteiger charge is -2.27. The lowest BCUT2D eigenvalue weighted by atomic mass is 10.2. The van der Waals surface area contributed by atoms with E-state index < -0.39 is 0 Å². The van der Waals surface area contributed by atoms with Crippen LogP contribution in [0, 0.1) is 0 Å². The third kappa shape index (κ3) is 1.69. The van der Waals surface area contributed by atoms with Crippen molar-refractivity contribution in [3.8, 4) is 5.75 Å². The lowest BCUT2D eigenvalue weighted by molar-refractivity contribution is 0.0704. The standard InChI is InChI=1S/C11H11N5O2/c17-9-5-12-2-1-8(9)11(18)15-3-4-16-7-13-14-10(16)6-15/h1-2,5,7,17H,3-4,6H2. The number of pyridine rings is 1. The molecular formula is C11H11N5O2. The molecule has 1 aliphatic rings. The van der Waals surface area contributed by atoms with E-state index in [9.17, 15) is 9.90 Å². The minimum atomic E-state index is -0.218. The summed E-state index contributed by atoms with van der Waals surface area (Å²) in [5, 5.41) is 17.4. The summed E-state index contributed by atoms with van der Waals surface area (Å²) in [5.74, 6) is 0.432. The molecular weight excluding hydrogens is 234 g/mol. The van der Waals surface area contributed by atoms with Gasteiger partial charge < -0.3 is 14.6 Å². The molecule has 7 heteroatoms. The molecule has 0 spiro atoms. The Morgan fingerprint density at radius 1 is 1.39 bits per heavy atom. The highest BCUT2D eigenvalue weighted by molar-refractivity contribution is 5.96. The van der Waals surface area contributed by atoms with E-state index >= 15 is 0 Å². The molecule has 1 amide bonds. The van der Waals surface area contributed by atoms with Crippen LogP contribution in [-0.2, 0) is 13.1 Å². The average molecular weight is 245 g/mol. The minimum Gasteiger partial charge on any atom is -0.505 e. The number of nitrogens with zero attached hydrogens (tertiary/aromatic N) is 5. The molecule has 2 aromatic heterocycles. The lowest BCUT2D eigenvalue weighted by Crippen LogP contribution is -2.38. The van der Waals surface area contributed by atoms with Gasteiger partial charge in [-0.3, -0.25) is 9.78 Å². The third-order valence-corrected chi connectivity index (χ3v) is 2.96. The van der Waals surface area contributed by atoms with Gasteiger partial charge in [-0.2, -0.15) is 0 Å². The second-order valence-electron chi connectivity index (χ2n) is 4.06. The number of amides is 1. The SMILES string of the molecule is O=C(c1ccncc1O)N1CCn2cnnc2C1. The largest absolute Gasteiger partial charge is 0.505 e. The summed E-state index contributed by atoms with van der Waals surface area (Å²) in [5.41, 5.74) is 0.262. The summed E-state index contributed by atoms with van der Waals surface area (Å²) in [6, 6.07) is 1.51. The maximum Gasteiger partial charge on any atom is 0.258 e. The summed E-state index contributed by atoms with van der Waals surface area (Å²) in [6.07, 6.45) is 4.40. The molecule has 0 saturated heterocycles. The Morgan fingerprint density at radius 3 is 3.11 bits per heavy atom. The number of fused-ring (bicyclic) bond motifs is 1. The molecule has 3 rings (SSSR count). The van der Waals surface area contributed by atoms with Gasteiger partial charge in [0.25, 0.3) is 5.91 Å². The fourth-order valence-corrected chi connectivity index (χ4v) is 1.98. The topological polar surface area (TPSA) is 84.1 Å². The first-order valence-electron chi connectivity index (χ1n) is 5.54. The molecule has 0 radical (unpaired) electrons. The van der Waals surface area contributed by atoms with Gasteiger partial charge in [0.1, 0.15) is 12.1 Å². The van der Waals surface area contributed by atoms with Gasteiger partial charge in [0.2, 0.25) is 0 Å². The van der Waals surface area contributed by atoms with Crippen LogP contribution in [0.4, 0.5) is 0 Å². The van der Waals surface area contributed by atoms with Gasteiger partial charge in [-0.15, -0.1) is 10.2 Å². The molecule has 1 aliphatic heterocycles. The van der Waals surface area contributed by atoms with E-state index in [0.717, 1.165) is 5.82 Å². The predicted octanol–water partition coefficient (Wildman–Crippen LogP) is 0.0347. The van der Waals surface area contributed by atoms with Crippen LogP contribution in [-0.4, -0.2) is 42.2 Å². The van der Waals surface area contributed by atoms with Crippen molar-refractivity contribution in [3.63, 3.8) is 0 Å². The molecule has 1 N–H and O–H groups in total. The van der Waals surface area contributed by atoms with Crippen LogP contribution in [0.2, 0.25) is 0 Å². The Bertz CT molecular complexity index is 595. The Labute approximate surface area is 103 Å². The van der Waals surface area contributed by atoms with Crippen molar-refractivity contribution in [2.45, 2.75) is 13.1 Å². The first kappa shape index (κ1) is 10.7. The molecule has 7 nitrogen and oxygen atoms in total. The van der Waals surface area contributed by atoms with Gasteiger partial charge in [0.15, 0.2) is 5.82 Å². The number of hydrogen-bond acceptors (Lipinski definition) is 5. The van der Waals surface area contributed by atoms with E-state index in [-0.39, 0.29) is 17.2 Å². The summed E-state index contributed by atoms with van der Waals surface area (Å²) < 4.78 is 1.91. The monoisotopic (exact) mass is 245 g/mol. The molecule has 0 unspecified atom stereocenters. The highest BCUT2D eigenvalue weighted by Gasteiger charge is 2.24. The zero-order valence-electron chi connectivity index (χ0n) is 9.52. The zero-order valence-corrected chi connectivity index (χ0v) is 9.52. The van der Waals surface area contributed by atoms with Crippen molar-refractivity contribution < 1.29 is 9.90 Å². The van der Waals surface area contributed by atoms with Crippen molar-refractivity contribution in [3.05, 3.63) is 36.2 Å². The Balaban J connectivity index is 1.85. The number of hydrogen-bond donors (Lipinski definition) is 1. The van der Waals surface area contributed by atoms with Crippen molar-refractivity contribution in [2.75, 3.05) is 6.54 Å². The van der Waals surface area contributed by atoms with Crippen LogP contribution in [0.3, 0.4) is 0 Å². The highest BCUT2D eigenvalue weighted by Crippen LogP contribution is 2.19. The Morgan fingerprint density at radius 2 is 2.28 bits per heavy atom. The summed E-state index contributed by atoms with van der Waals surface area (Å²) in [4.78, 5) is 17.6. The van der Waals surface area contributed by atoms with Crippen LogP contribution < -0.4 is 0 Å². The van der Waals surface area contributed by atoms with E-state index in [4.69, 9.17) is 0 Å². The van der Waals surface area contributed by atoms with Gasteiger partial charge in [-0.1, -0.05) is 0 Å². The second-order valence-corrected chi connectivity index (χ2v) is 4.06. The molecule has 0 atom stereocenters. The Kier molecular flexibility index (Phi) is 2.44. The minimum absolute atomic E-state index is 0.102. The average Bonchev–Trinajstić information content (AvgIpc) is 2.85. The molecule has 0 saturated carbocycles. The zero-order chi connectivity index (χ0) is 12.5. The van der Waals surface area contributed by atoms with E-state index in [1.54, 1.807) is 11.2 Å². The summed E-state index contributed by atoms with van der Waals surface area (Å²) in [7, 11) is 0. The van der Waals surface area contributed by atoms with Gasteiger partial charge in [-0.05, 0) is 6.07 Å². The highest BCUT2D eigenvalue weighted by atomic mass is 16.3. The normalized spacial score (nSPS) is 14.3. The molecule has 0 aromatic carbocycles. The number of aromatic nitrogens is 4. The van der Waals surface area contributed by atoms with E-state index in [1.807, 2.05) is 4.57 Å². The quantitative estimate of drug-likeness (QED) is 0.766. The van der Waals surface area contributed by atoms with Gasteiger partial charge in [0, 0.05) is 19.3 Å². The first-order valence-corrected chi connectivity index (χ1v) is 5.54. The van der Waals surface area contributed by atoms with Crippen molar-refractivity contribution in [1.82, 2.24) is 24.6 Å². The molecule has 92 valence electrons. The van der Waals surface area contributed by atoms with E-state index in [0.29, 0.717) is 19.6 Å². The fourth-order valence-electron chi connectivity index (χ4n) is 1.98. The van der Waals surface area contributed by atoms with Gasteiger partial charge in [0.05, 0.1) is 18.3 Å². The van der Waals surface area contributed by atoms with Crippen LogP contribution >= 0.6 is 0 Å². The smallest absolute Gasteiger partial charge is 0.258 e. The van der Waals surface area contributed by atoms with Gasteiger partial charge >= 0.3 is 0 Å². The third-order valence-electron chi connectivity index (χ3n) is 2.96. The Hall–Kier alpha value is -2.44. The first-order chi connectivity index (χ1) is 8.75. The number of carbonyl (C=O) groups excluding carboxylic acids is 1. The van der Waals surface area contributed by atoms with Crippen LogP contribution in [0.15, 0.2) is 24.8 Å². The number of carbonyl (C=O) groups is 1. The van der Waals surface area contributed by atoms with Crippen LogP contribution in [0.25, 0.3) is 0 Å². The van der Waals surface area contributed by atoms with Crippen LogP contribution in [0.5, 0.6) is 5.75 Å². The molecule has 0 fully saturated rings. The van der Waals surface area contributed by atoms with Gasteiger partial charge in [-0.25, -0.2) is 0 Å². The molecule has 18 heavy (non-hydrogen) atoms. The van der Waals surface area contributed by atoms with E-state index in [2.05, 4.69) is 15.2 Å². The number of aromatic hydroxyl groups is 1. The summed E-state index contributed by atoms with van der Waals surface area (Å²) in [6.45, 7) is 1.64. The van der Waals surface area contributed by atoms with Crippen molar-refractivity contribution in [1.29, 1.82) is 0 Å². The molecule has 0 bridgehead atoms. The summed E-state index contributed by atoms with van der Waals surface area (Å²) >= 11 is 0. The fraction of sp³-hybridized carbons (Fsp3) is 0.273. The predicted molar refractivity (Wildman–Crippen MR) is 60.7 cm³/mol. The molecule has 0 aliphatic carbocycles. The molecule has 3 heterocycles. The van der Waals surface area contributed by atoms with Crippen molar-refractivity contribution >= 4 is 5.91 Å². The maximum atomic E-state index is 12.2. The number of rotatable bonds is 1. The molecule has 2 aromatic rings. The second kappa shape index (κ2) is 4.10. The maximum absolute atomic E-state index is 12.2. The van der Waals surface area contributed by atoms with E-state index in [1.165, 1.54) is 18.5 Å². The van der Waals surface area contributed by atoms with Crippen LogP contribution in [0.1, 0.15) is 16.2 Å².